The number of nitrogens with zero attached hydrogens (tertiary/aromatic N) is 2. The van der Waals surface area contributed by atoms with Crippen molar-refractivity contribution in [2.75, 3.05) is 45.9 Å². The molecule has 114 valence electrons. The molecule has 1 heterocycles. The van der Waals surface area contributed by atoms with Gasteiger partial charge in [0.1, 0.15) is 0 Å². The molecule has 5 nitrogen and oxygen atoms in total. The molecule has 6 heteroatoms. The number of ether oxygens (including phenoxy) is 1. The lowest BCUT2D eigenvalue weighted by atomic mass is 10.0. The topological polar surface area (TPSA) is 58.8 Å². The second-order valence-corrected chi connectivity index (χ2v) is 5.13. The Morgan fingerprint density at radius 3 is 2.32 bits per heavy atom. The summed E-state index contributed by atoms with van der Waals surface area (Å²) in [5, 5.41) is 0. The van der Waals surface area contributed by atoms with E-state index >= 15 is 0 Å². The molecular weight excluding hydrogens is 266 g/mol. The average molecular weight is 294 g/mol. The SMILES string of the molecule is CCOCCN1CCN(C(=O)[C@@H](N)C(C)C)CC1.Cl. The van der Waals surface area contributed by atoms with Gasteiger partial charge >= 0.3 is 0 Å². The van der Waals surface area contributed by atoms with Crippen molar-refractivity contribution in [2.24, 2.45) is 11.7 Å². The summed E-state index contributed by atoms with van der Waals surface area (Å²) in [5.41, 5.74) is 5.90. The molecular formula is C13H28ClN3O2. The quantitative estimate of drug-likeness (QED) is 0.728. The lowest BCUT2D eigenvalue weighted by Gasteiger charge is -2.36. The van der Waals surface area contributed by atoms with E-state index < -0.39 is 0 Å². The van der Waals surface area contributed by atoms with E-state index in [9.17, 15) is 4.79 Å². The molecule has 0 aromatic rings. The third-order valence-corrected chi connectivity index (χ3v) is 3.44. The zero-order chi connectivity index (χ0) is 13.5. The van der Waals surface area contributed by atoms with E-state index in [0.717, 1.165) is 45.9 Å². The Kier molecular flexibility index (Phi) is 9.35. The zero-order valence-electron chi connectivity index (χ0n) is 12.3. The Morgan fingerprint density at radius 2 is 1.84 bits per heavy atom. The maximum atomic E-state index is 12.1. The van der Waals surface area contributed by atoms with Gasteiger partial charge in [-0.15, -0.1) is 12.4 Å². The molecule has 0 spiro atoms. The monoisotopic (exact) mass is 293 g/mol. The highest BCUT2D eigenvalue weighted by Crippen LogP contribution is 2.07. The summed E-state index contributed by atoms with van der Waals surface area (Å²) in [5.74, 6) is 0.294. The van der Waals surface area contributed by atoms with Crippen molar-refractivity contribution in [1.29, 1.82) is 0 Å². The zero-order valence-corrected chi connectivity index (χ0v) is 13.1. The summed E-state index contributed by atoms with van der Waals surface area (Å²) in [6.45, 7) is 11.9. The van der Waals surface area contributed by atoms with Crippen LogP contribution < -0.4 is 5.73 Å². The molecule has 1 amide bonds. The number of rotatable bonds is 6. The highest BCUT2D eigenvalue weighted by Gasteiger charge is 2.26. The summed E-state index contributed by atoms with van der Waals surface area (Å²) >= 11 is 0. The first-order valence-corrected chi connectivity index (χ1v) is 6.90. The van der Waals surface area contributed by atoms with E-state index in [1.165, 1.54) is 0 Å². The van der Waals surface area contributed by atoms with Crippen LogP contribution in [-0.2, 0) is 9.53 Å². The maximum Gasteiger partial charge on any atom is 0.239 e. The van der Waals surface area contributed by atoms with Crippen LogP contribution in [0, 0.1) is 5.92 Å². The molecule has 0 aliphatic carbocycles. The van der Waals surface area contributed by atoms with Crippen LogP contribution in [0.15, 0.2) is 0 Å². The molecule has 19 heavy (non-hydrogen) atoms. The Hall–Kier alpha value is -0.360. The Labute approximate surface area is 122 Å². The molecule has 1 rings (SSSR count). The van der Waals surface area contributed by atoms with Gasteiger partial charge in [-0.1, -0.05) is 13.8 Å². The standard InChI is InChI=1S/C13H27N3O2.ClH/c1-4-18-10-9-15-5-7-16(8-6-15)13(17)12(14)11(2)3;/h11-12H,4-10,14H2,1-3H3;1H/t12-;/m0./s1. The average Bonchev–Trinajstić information content (AvgIpc) is 2.38. The first kappa shape index (κ1) is 18.6. The molecule has 1 aliphatic heterocycles. The van der Waals surface area contributed by atoms with E-state index in [-0.39, 0.29) is 30.3 Å². The van der Waals surface area contributed by atoms with Crippen molar-refractivity contribution < 1.29 is 9.53 Å². The molecule has 0 aromatic carbocycles. The van der Waals surface area contributed by atoms with Crippen molar-refractivity contribution in [1.82, 2.24) is 9.80 Å². The molecule has 1 saturated heterocycles. The minimum atomic E-state index is -0.361. The highest BCUT2D eigenvalue weighted by molar-refractivity contribution is 5.85. The first-order valence-electron chi connectivity index (χ1n) is 6.90. The smallest absolute Gasteiger partial charge is 0.239 e. The lowest BCUT2D eigenvalue weighted by molar-refractivity contribution is -0.135. The molecule has 0 unspecified atom stereocenters. The van der Waals surface area contributed by atoms with Gasteiger partial charge in [-0.3, -0.25) is 9.69 Å². The summed E-state index contributed by atoms with van der Waals surface area (Å²) < 4.78 is 5.34. The maximum absolute atomic E-state index is 12.1. The normalized spacial score (nSPS) is 18.3. The second-order valence-electron chi connectivity index (χ2n) is 5.13. The first-order chi connectivity index (χ1) is 8.56. The van der Waals surface area contributed by atoms with Crippen LogP contribution in [0.25, 0.3) is 0 Å². The predicted molar refractivity (Wildman–Crippen MR) is 79.6 cm³/mol. The Bertz CT molecular complexity index is 256. The number of halogens is 1. The predicted octanol–water partition coefficient (Wildman–Crippen LogP) is 0.572. The van der Waals surface area contributed by atoms with Crippen LogP contribution in [0.5, 0.6) is 0 Å². The summed E-state index contributed by atoms with van der Waals surface area (Å²) in [6, 6.07) is -0.361. The molecule has 0 aromatic heterocycles. The lowest BCUT2D eigenvalue weighted by Crippen LogP contribution is -2.54. The molecule has 0 bridgehead atoms. The fourth-order valence-electron chi connectivity index (χ4n) is 2.03. The molecule has 0 saturated carbocycles. The van der Waals surface area contributed by atoms with Gasteiger partial charge in [0.15, 0.2) is 0 Å². The van der Waals surface area contributed by atoms with E-state index in [1.54, 1.807) is 0 Å². The van der Waals surface area contributed by atoms with Crippen LogP contribution in [0.2, 0.25) is 0 Å². The van der Waals surface area contributed by atoms with Gasteiger partial charge in [0.25, 0.3) is 0 Å². The van der Waals surface area contributed by atoms with Gasteiger partial charge in [0.2, 0.25) is 5.91 Å². The van der Waals surface area contributed by atoms with Gasteiger partial charge in [0.05, 0.1) is 12.6 Å². The van der Waals surface area contributed by atoms with Gasteiger partial charge in [0, 0.05) is 39.3 Å². The number of hydrogen-bond donors (Lipinski definition) is 1. The molecule has 1 aliphatic rings. The van der Waals surface area contributed by atoms with Crippen LogP contribution >= 0.6 is 12.4 Å². The fourth-order valence-corrected chi connectivity index (χ4v) is 2.03. The van der Waals surface area contributed by atoms with Gasteiger partial charge in [-0.2, -0.15) is 0 Å². The van der Waals surface area contributed by atoms with Gasteiger partial charge < -0.3 is 15.4 Å². The van der Waals surface area contributed by atoms with Crippen molar-refractivity contribution in [3.63, 3.8) is 0 Å². The summed E-state index contributed by atoms with van der Waals surface area (Å²) in [6.07, 6.45) is 0. The third kappa shape index (κ3) is 6.08. The minimum absolute atomic E-state index is 0. The van der Waals surface area contributed by atoms with Crippen molar-refractivity contribution >= 4 is 18.3 Å². The fraction of sp³-hybridized carbons (Fsp3) is 0.923. The number of carbonyl (C=O) groups is 1. The highest BCUT2D eigenvalue weighted by atomic mass is 35.5. The van der Waals surface area contributed by atoms with Crippen LogP contribution in [0.4, 0.5) is 0 Å². The van der Waals surface area contributed by atoms with Crippen LogP contribution in [0.3, 0.4) is 0 Å². The summed E-state index contributed by atoms with van der Waals surface area (Å²) in [4.78, 5) is 16.3. The molecule has 2 N–H and O–H groups in total. The van der Waals surface area contributed by atoms with Crippen LogP contribution in [0.1, 0.15) is 20.8 Å². The third-order valence-electron chi connectivity index (χ3n) is 3.44. The Balaban J connectivity index is 0.00000324. The second kappa shape index (κ2) is 9.53. The largest absolute Gasteiger partial charge is 0.380 e. The van der Waals surface area contributed by atoms with Crippen molar-refractivity contribution in [3.05, 3.63) is 0 Å². The van der Waals surface area contributed by atoms with E-state index in [2.05, 4.69) is 4.90 Å². The van der Waals surface area contributed by atoms with Crippen LogP contribution in [-0.4, -0.2) is 67.7 Å². The van der Waals surface area contributed by atoms with E-state index in [4.69, 9.17) is 10.5 Å². The number of piperazine rings is 1. The summed E-state index contributed by atoms with van der Waals surface area (Å²) in [7, 11) is 0. The van der Waals surface area contributed by atoms with Gasteiger partial charge in [-0.25, -0.2) is 0 Å². The molecule has 1 fully saturated rings. The van der Waals surface area contributed by atoms with E-state index in [1.807, 2.05) is 25.7 Å². The molecule has 0 radical (unpaired) electrons. The number of nitrogens with two attached hydrogens (primary N) is 1. The van der Waals surface area contributed by atoms with Crippen molar-refractivity contribution in [2.45, 2.75) is 26.8 Å². The minimum Gasteiger partial charge on any atom is -0.380 e. The number of carbonyl (C=O) groups excluding carboxylic acids is 1. The number of hydrogen-bond acceptors (Lipinski definition) is 4. The molecule has 1 atom stereocenters. The van der Waals surface area contributed by atoms with Crippen molar-refractivity contribution in [3.8, 4) is 0 Å². The van der Waals surface area contributed by atoms with Gasteiger partial charge in [-0.05, 0) is 12.8 Å². The number of amides is 1. The Morgan fingerprint density at radius 1 is 1.26 bits per heavy atom. The van der Waals surface area contributed by atoms with E-state index in [0.29, 0.717) is 0 Å².